The van der Waals surface area contributed by atoms with Gasteiger partial charge < -0.3 is 8.69 Å². The Balaban J connectivity index is 2.87. The van der Waals surface area contributed by atoms with Crippen molar-refractivity contribution >= 4 is 29.2 Å². The molecule has 0 atom stereocenters. The van der Waals surface area contributed by atoms with Gasteiger partial charge >= 0.3 is 7.12 Å². The van der Waals surface area contributed by atoms with Crippen LogP contribution in [0.25, 0.3) is 0 Å². The molecular formula is C12H23BO2Si2. The van der Waals surface area contributed by atoms with Gasteiger partial charge in [0, 0.05) is 0 Å². The summed E-state index contributed by atoms with van der Waals surface area (Å²) in [5.74, 6) is 0. The summed E-state index contributed by atoms with van der Waals surface area (Å²) < 4.78 is 12.3. The molecule has 1 aromatic rings. The number of rotatable bonds is 5. The van der Waals surface area contributed by atoms with Gasteiger partial charge in [-0.2, -0.15) is 0 Å². The lowest BCUT2D eigenvalue weighted by Crippen LogP contribution is -2.49. The van der Waals surface area contributed by atoms with Crippen molar-refractivity contribution in [1.29, 1.82) is 0 Å². The molecule has 5 heteroatoms. The number of hydrogen-bond donors (Lipinski definition) is 0. The molecule has 0 saturated carbocycles. The monoisotopic (exact) mass is 266 g/mol. The van der Waals surface area contributed by atoms with Crippen LogP contribution in [0.3, 0.4) is 0 Å². The van der Waals surface area contributed by atoms with E-state index >= 15 is 0 Å². The lowest BCUT2D eigenvalue weighted by atomic mass is 9.80. The molecule has 94 valence electrons. The summed E-state index contributed by atoms with van der Waals surface area (Å²) in [6.07, 6.45) is 0. The number of hydrogen-bond acceptors (Lipinski definition) is 2. The van der Waals surface area contributed by atoms with E-state index in [0.29, 0.717) is 0 Å². The van der Waals surface area contributed by atoms with Crippen molar-refractivity contribution in [3.05, 3.63) is 30.3 Å². The Morgan fingerprint density at radius 1 is 0.765 bits per heavy atom. The minimum absolute atomic E-state index is 0.200. The second kappa shape index (κ2) is 5.52. The molecule has 0 heterocycles. The molecule has 0 amide bonds. The molecule has 1 aromatic carbocycles. The maximum absolute atomic E-state index is 6.15. The summed E-state index contributed by atoms with van der Waals surface area (Å²) in [7, 11) is -3.41. The van der Waals surface area contributed by atoms with E-state index in [-0.39, 0.29) is 7.12 Å². The van der Waals surface area contributed by atoms with Crippen LogP contribution in [0.2, 0.25) is 39.3 Å². The Morgan fingerprint density at radius 2 is 1.18 bits per heavy atom. The van der Waals surface area contributed by atoms with Crippen LogP contribution in [-0.2, 0) is 8.69 Å². The molecule has 0 bridgehead atoms. The van der Waals surface area contributed by atoms with Gasteiger partial charge in [-0.15, -0.1) is 0 Å². The molecule has 0 aliphatic carbocycles. The van der Waals surface area contributed by atoms with Crippen LogP contribution in [0.4, 0.5) is 0 Å². The van der Waals surface area contributed by atoms with E-state index in [2.05, 4.69) is 51.4 Å². The first-order chi connectivity index (χ1) is 7.67. The normalized spacial score (nSPS) is 12.6. The van der Waals surface area contributed by atoms with Gasteiger partial charge in [-0.3, -0.25) is 0 Å². The lowest BCUT2D eigenvalue weighted by molar-refractivity contribution is 0.436. The Morgan fingerprint density at radius 3 is 1.53 bits per heavy atom. The Bertz CT molecular complexity index is 328. The maximum Gasteiger partial charge on any atom is 0.472 e. The standard InChI is InChI=1S/C12H23BO2Si2/c1-16(2,3)14-13(15-17(4,5)6)12-10-8-7-9-11-12/h7-11H,1-6H3. The Hall–Kier alpha value is -0.361. The first-order valence-electron chi connectivity index (χ1n) is 6.08. The van der Waals surface area contributed by atoms with Gasteiger partial charge in [0.05, 0.1) is 0 Å². The fourth-order valence-electron chi connectivity index (χ4n) is 1.41. The van der Waals surface area contributed by atoms with Crippen molar-refractivity contribution in [3.63, 3.8) is 0 Å². The van der Waals surface area contributed by atoms with Gasteiger partial charge in [-0.1, -0.05) is 30.3 Å². The summed E-state index contributed by atoms with van der Waals surface area (Å²) in [5.41, 5.74) is 1.12. The summed E-state index contributed by atoms with van der Waals surface area (Å²) in [5, 5.41) is 0. The van der Waals surface area contributed by atoms with E-state index in [4.69, 9.17) is 8.69 Å². The van der Waals surface area contributed by atoms with Crippen LogP contribution in [0.15, 0.2) is 30.3 Å². The quantitative estimate of drug-likeness (QED) is 0.762. The van der Waals surface area contributed by atoms with Crippen molar-refractivity contribution in [2.45, 2.75) is 39.3 Å². The molecule has 0 fully saturated rings. The predicted octanol–water partition coefficient (Wildman–Crippen LogP) is 3.08. The lowest BCUT2D eigenvalue weighted by Gasteiger charge is -2.29. The SMILES string of the molecule is C[Si](C)(C)OB(O[Si](C)(C)C)c1ccccc1. The molecule has 0 aliphatic rings. The molecule has 0 unspecified atom stereocenters. The highest BCUT2D eigenvalue weighted by Crippen LogP contribution is 2.11. The van der Waals surface area contributed by atoms with E-state index in [1.54, 1.807) is 0 Å². The summed E-state index contributed by atoms with van der Waals surface area (Å²) in [4.78, 5) is 0. The van der Waals surface area contributed by atoms with Crippen LogP contribution in [0, 0.1) is 0 Å². The molecule has 0 saturated heterocycles. The molecule has 0 N–H and O–H groups in total. The van der Waals surface area contributed by atoms with Gasteiger partial charge in [0.2, 0.25) is 0 Å². The van der Waals surface area contributed by atoms with Crippen molar-refractivity contribution < 1.29 is 8.69 Å². The van der Waals surface area contributed by atoms with Crippen LogP contribution in [0.5, 0.6) is 0 Å². The minimum atomic E-state index is -1.61. The highest BCUT2D eigenvalue weighted by atomic mass is 28.4. The van der Waals surface area contributed by atoms with Crippen LogP contribution in [-0.4, -0.2) is 23.8 Å². The smallest absolute Gasteiger partial charge is 0.450 e. The van der Waals surface area contributed by atoms with Gasteiger partial charge in [-0.25, -0.2) is 0 Å². The van der Waals surface area contributed by atoms with Crippen molar-refractivity contribution in [2.75, 3.05) is 0 Å². The molecule has 0 spiro atoms. The van der Waals surface area contributed by atoms with E-state index in [0.717, 1.165) is 5.46 Å². The molecule has 17 heavy (non-hydrogen) atoms. The molecule has 0 aliphatic heterocycles. The third kappa shape index (κ3) is 6.21. The van der Waals surface area contributed by atoms with Gasteiger partial charge in [-0.05, 0) is 44.7 Å². The predicted molar refractivity (Wildman–Crippen MR) is 80.7 cm³/mol. The van der Waals surface area contributed by atoms with Gasteiger partial charge in [0.15, 0.2) is 16.6 Å². The minimum Gasteiger partial charge on any atom is -0.450 e. The summed E-state index contributed by atoms with van der Waals surface area (Å²) in [6.45, 7) is 13.1. The molecule has 0 radical (unpaired) electrons. The fraction of sp³-hybridized carbons (Fsp3) is 0.500. The first-order valence-corrected chi connectivity index (χ1v) is 12.9. The third-order valence-corrected chi connectivity index (χ3v) is 3.84. The zero-order chi connectivity index (χ0) is 13.1. The topological polar surface area (TPSA) is 18.5 Å². The Labute approximate surface area is 108 Å². The molecule has 2 nitrogen and oxygen atoms in total. The van der Waals surface area contributed by atoms with Crippen LogP contribution < -0.4 is 5.46 Å². The highest BCUT2D eigenvalue weighted by Gasteiger charge is 2.32. The van der Waals surface area contributed by atoms with Crippen molar-refractivity contribution in [3.8, 4) is 0 Å². The van der Waals surface area contributed by atoms with E-state index in [9.17, 15) is 0 Å². The zero-order valence-corrected chi connectivity index (χ0v) is 13.8. The average molecular weight is 266 g/mol. The van der Waals surface area contributed by atoms with Crippen molar-refractivity contribution in [1.82, 2.24) is 0 Å². The summed E-state index contributed by atoms with van der Waals surface area (Å²) >= 11 is 0. The third-order valence-electron chi connectivity index (χ3n) is 1.99. The van der Waals surface area contributed by atoms with E-state index in [1.165, 1.54) is 0 Å². The Kier molecular flexibility index (Phi) is 4.77. The molecular weight excluding hydrogens is 243 g/mol. The first kappa shape index (κ1) is 14.7. The van der Waals surface area contributed by atoms with Gasteiger partial charge in [0.25, 0.3) is 0 Å². The van der Waals surface area contributed by atoms with E-state index < -0.39 is 16.6 Å². The maximum atomic E-state index is 6.15. The van der Waals surface area contributed by atoms with Crippen LogP contribution >= 0.6 is 0 Å². The van der Waals surface area contributed by atoms with E-state index in [1.807, 2.05) is 18.2 Å². The van der Waals surface area contributed by atoms with Crippen molar-refractivity contribution in [2.24, 2.45) is 0 Å². The number of benzene rings is 1. The summed E-state index contributed by atoms with van der Waals surface area (Å²) in [6, 6.07) is 10.2. The second-order valence-electron chi connectivity index (χ2n) is 6.20. The highest BCUT2D eigenvalue weighted by molar-refractivity contribution is 6.85. The molecule has 1 rings (SSSR count). The molecule has 0 aromatic heterocycles. The second-order valence-corrected chi connectivity index (χ2v) is 15.1. The van der Waals surface area contributed by atoms with Crippen LogP contribution in [0.1, 0.15) is 0 Å². The van der Waals surface area contributed by atoms with Gasteiger partial charge in [0.1, 0.15) is 0 Å². The average Bonchev–Trinajstić information content (AvgIpc) is 2.14. The fourth-order valence-corrected chi connectivity index (χ4v) is 3.16. The zero-order valence-electron chi connectivity index (χ0n) is 11.8. The largest absolute Gasteiger partial charge is 0.472 e.